The Hall–Kier alpha value is -3.12. The number of amides is 1. The summed E-state index contributed by atoms with van der Waals surface area (Å²) >= 11 is 1.39. The van der Waals surface area contributed by atoms with Crippen LogP contribution in [-0.4, -0.2) is 23.6 Å². The molecule has 0 unspecified atom stereocenters. The summed E-state index contributed by atoms with van der Waals surface area (Å²) in [5, 5.41) is 5.30. The highest BCUT2D eigenvalue weighted by Crippen LogP contribution is 2.27. The number of thiazole rings is 1. The highest BCUT2D eigenvalue weighted by molar-refractivity contribution is 7.14. The number of carbonyl (C=O) groups is 1. The lowest BCUT2D eigenvalue weighted by molar-refractivity contribution is -0.111. The van der Waals surface area contributed by atoms with Gasteiger partial charge >= 0.3 is 0 Å². The van der Waals surface area contributed by atoms with Crippen LogP contribution in [-0.2, 0) is 4.79 Å². The minimum Gasteiger partial charge on any atom is -0.494 e. The quantitative estimate of drug-likeness (QED) is 0.427. The van der Waals surface area contributed by atoms with E-state index < -0.39 is 0 Å². The first-order valence-corrected chi connectivity index (χ1v) is 10.9. The van der Waals surface area contributed by atoms with Crippen molar-refractivity contribution in [1.29, 1.82) is 0 Å². The molecule has 1 heterocycles. The lowest BCUT2D eigenvalue weighted by Gasteiger charge is -2.09. The summed E-state index contributed by atoms with van der Waals surface area (Å²) in [6.45, 7) is 6.76. The molecule has 6 heteroatoms. The van der Waals surface area contributed by atoms with Gasteiger partial charge in [0.2, 0.25) is 5.91 Å². The van der Waals surface area contributed by atoms with Gasteiger partial charge in [0.25, 0.3) is 0 Å². The van der Waals surface area contributed by atoms with Crippen LogP contribution in [0.3, 0.4) is 0 Å². The van der Waals surface area contributed by atoms with Crippen molar-refractivity contribution in [2.45, 2.75) is 33.3 Å². The summed E-state index contributed by atoms with van der Waals surface area (Å²) in [7, 11) is 0. The first-order valence-electron chi connectivity index (χ1n) is 9.98. The average Bonchev–Trinajstić information content (AvgIpc) is 3.20. The largest absolute Gasteiger partial charge is 0.494 e. The Morgan fingerprint density at radius 1 is 1.10 bits per heavy atom. The minimum absolute atomic E-state index is 0.136. The highest BCUT2D eigenvalue weighted by atomic mass is 32.1. The first kappa shape index (κ1) is 21.6. The molecule has 2 aromatic carbocycles. The second-order valence-corrected chi connectivity index (χ2v) is 7.83. The number of hydrogen-bond donors (Lipinski definition) is 1. The van der Waals surface area contributed by atoms with Crippen molar-refractivity contribution in [3.8, 4) is 22.8 Å². The van der Waals surface area contributed by atoms with Gasteiger partial charge in [-0.15, -0.1) is 11.3 Å². The molecule has 3 rings (SSSR count). The third-order valence-corrected chi connectivity index (χ3v) is 4.79. The Morgan fingerprint density at radius 2 is 1.80 bits per heavy atom. The number of rotatable bonds is 9. The second-order valence-electron chi connectivity index (χ2n) is 6.97. The summed E-state index contributed by atoms with van der Waals surface area (Å²) in [4.78, 5) is 16.7. The van der Waals surface area contributed by atoms with E-state index in [2.05, 4.69) is 17.2 Å². The van der Waals surface area contributed by atoms with E-state index in [0.29, 0.717) is 11.7 Å². The number of anilines is 1. The van der Waals surface area contributed by atoms with Gasteiger partial charge < -0.3 is 9.47 Å². The molecule has 3 aromatic rings. The smallest absolute Gasteiger partial charge is 0.250 e. The van der Waals surface area contributed by atoms with Crippen molar-refractivity contribution < 1.29 is 14.3 Å². The van der Waals surface area contributed by atoms with E-state index in [-0.39, 0.29) is 12.0 Å². The van der Waals surface area contributed by atoms with E-state index in [9.17, 15) is 4.79 Å². The number of carbonyl (C=O) groups excluding carboxylic acids is 1. The zero-order valence-electron chi connectivity index (χ0n) is 17.4. The number of nitrogens with zero attached hydrogens (tertiary/aromatic N) is 1. The van der Waals surface area contributed by atoms with Crippen LogP contribution >= 0.6 is 11.3 Å². The fourth-order valence-electron chi connectivity index (χ4n) is 2.65. The zero-order valence-corrected chi connectivity index (χ0v) is 18.2. The maximum Gasteiger partial charge on any atom is 0.250 e. The molecule has 0 fully saturated rings. The molecule has 0 aliphatic carbocycles. The zero-order chi connectivity index (χ0) is 21.3. The lowest BCUT2D eigenvalue weighted by atomic mass is 10.2. The summed E-state index contributed by atoms with van der Waals surface area (Å²) in [6, 6.07) is 15.4. The Labute approximate surface area is 181 Å². The summed E-state index contributed by atoms with van der Waals surface area (Å²) in [5.74, 6) is 1.44. The molecule has 0 atom stereocenters. The number of nitrogens with one attached hydrogen (secondary N) is 1. The van der Waals surface area contributed by atoms with Crippen LogP contribution in [0.4, 0.5) is 5.13 Å². The van der Waals surface area contributed by atoms with E-state index in [1.54, 1.807) is 6.08 Å². The Bertz CT molecular complexity index is 976. The number of benzene rings is 2. The van der Waals surface area contributed by atoms with Crippen molar-refractivity contribution in [1.82, 2.24) is 4.98 Å². The number of hydrogen-bond acceptors (Lipinski definition) is 5. The van der Waals surface area contributed by atoms with E-state index in [4.69, 9.17) is 9.47 Å². The van der Waals surface area contributed by atoms with Crippen LogP contribution < -0.4 is 14.8 Å². The minimum atomic E-state index is -0.220. The fraction of sp³-hybridized carbons (Fsp3) is 0.250. The monoisotopic (exact) mass is 422 g/mol. The predicted molar refractivity (Wildman–Crippen MR) is 123 cm³/mol. The Kier molecular flexibility index (Phi) is 7.63. The van der Waals surface area contributed by atoms with Crippen molar-refractivity contribution in [2.75, 3.05) is 11.9 Å². The Morgan fingerprint density at radius 3 is 2.47 bits per heavy atom. The van der Waals surface area contributed by atoms with Crippen LogP contribution in [0.15, 0.2) is 60.0 Å². The lowest BCUT2D eigenvalue weighted by Crippen LogP contribution is -2.07. The molecule has 0 radical (unpaired) electrons. The van der Waals surface area contributed by atoms with Crippen LogP contribution in [0.25, 0.3) is 17.3 Å². The van der Waals surface area contributed by atoms with Crippen molar-refractivity contribution in [2.24, 2.45) is 0 Å². The molecule has 1 N–H and O–H groups in total. The molecule has 0 saturated carbocycles. The van der Waals surface area contributed by atoms with Gasteiger partial charge in [0.05, 0.1) is 18.4 Å². The van der Waals surface area contributed by atoms with Crippen LogP contribution in [0, 0.1) is 0 Å². The fourth-order valence-corrected chi connectivity index (χ4v) is 3.38. The summed E-state index contributed by atoms with van der Waals surface area (Å²) < 4.78 is 11.2. The first-order chi connectivity index (χ1) is 14.5. The van der Waals surface area contributed by atoms with Gasteiger partial charge in [0, 0.05) is 17.0 Å². The molecule has 30 heavy (non-hydrogen) atoms. The normalized spacial score (nSPS) is 11.1. The molecule has 0 bridgehead atoms. The van der Waals surface area contributed by atoms with Gasteiger partial charge in [-0.1, -0.05) is 19.1 Å². The SMILES string of the molecule is CCCOc1ccc(/C=C/C(=O)Nc2nc(-c3ccc(OC(C)C)cc3)cs2)cc1. The molecule has 0 saturated heterocycles. The molecule has 0 aliphatic heterocycles. The molecule has 1 aromatic heterocycles. The number of ether oxygens (including phenoxy) is 2. The molecule has 0 aliphatic rings. The van der Waals surface area contributed by atoms with Gasteiger partial charge in [-0.05, 0) is 68.3 Å². The highest BCUT2D eigenvalue weighted by Gasteiger charge is 2.07. The van der Waals surface area contributed by atoms with Crippen LogP contribution in [0.5, 0.6) is 11.5 Å². The van der Waals surface area contributed by atoms with E-state index in [0.717, 1.165) is 34.7 Å². The van der Waals surface area contributed by atoms with Gasteiger partial charge in [-0.2, -0.15) is 0 Å². The van der Waals surface area contributed by atoms with Gasteiger partial charge in [-0.3, -0.25) is 10.1 Å². The van der Waals surface area contributed by atoms with Gasteiger partial charge in [0.15, 0.2) is 5.13 Å². The Balaban J connectivity index is 1.56. The standard InChI is InChI=1S/C24H26N2O3S/c1-4-15-28-20-10-5-18(6-11-20)7-14-23(27)26-24-25-22(16-30-24)19-8-12-21(13-9-19)29-17(2)3/h5-14,16-17H,4,15H2,1-3H3,(H,25,26,27)/b14-7+. The van der Waals surface area contributed by atoms with Crippen molar-refractivity contribution >= 4 is 28.5 Å². The summed E-state index contributed by atoms with van der Waals surface area (Å²) in [5.41, 5.74) is 2.72. The van der Waals surface area contributed by atoms with E-state index in [1.807, 2.05) is 67.8 Å². The maximum atomic E-state index is 12.2. The predicted octanol–water partition coefficient (Wildman–Crippen LogP) is 6.04. The van der Waals surface area contributed by atoms with Crippen LogP contribution in [0.2, 0.25) is 0 Å². The number of aromatic nitrogens is 1. The van der Waals surface area contributed by atoms with E-state index >= 15 is 0 Å². The third-order valence-electron chi connectivity index (χ3n) is 4.04. The van der Waals surface area contributed by atoms with Gasteiger partial charge in [0.1, 0.15) is 11.5 Å². The maximum absolute atomic E-state index is 12.2. The van der Waals surface area contributed by atoms with Crippen LogP contribution in [0.1, 0.15) is 32.8 Å². The molecule has 1 amide bonds. The summed E-state index contributed by atoms with van der Waals surface area (Å²) in [6.07, 6.45) is 4.37. The molecule has 0 spiro atoms. The molecular formula is C24H26N2O3S. The van der Waals surface area contributed by atoms with E-state index in [1.165, 1.54) is 17.4 Å². The van der Waals surface area contributed by atoms with Crippen molar-refractivity contribution in [3.63, 3.8) is 0 Å². The second kappa shape index (κ2) is 10.6. The topological polar surface area (TPSA) is 60.5 Å². The van der Waals surface area contributed by atoms with Crippen molar-refractivity contribution in [3.05, 3.63) is 65.6 Å². The molecular weight excluding hydrogens is 396 g/mol. The van der Waals surface area contributed by atoms with Gasteiger partial charge in [-0.25, -0.2) is 4.98 Å². The molecule has 156 valence electrons. The average molecular weight is 423 g/mol. The molecule has 5 nitrogen and oxygen atoms in total. The third kappa shape index (κ3) is 6.46.